The second-order valence-corrected chi connectivity index (χ2v) is 7.90. The van der Waals surface area contributed by atoms with Gasteiger partial charge >= 0.3 is 0 Å². The summed E-state index contributed by atoms with van der Waals surface area (Å²) in [6.07, 6.45) is 0. The van der Waals surface area contributed by atoms with E-state index < -0.39 is 10.0 Å². The molecule has 3 rings (SSSR count). The van der Waals surface area contributed by atoms with Crippen LogP contribution < -0.4 is 9.46 Å². The first-order valence-corrected chi connectivity index (χ1v) is 9.90. The molecule has 134 valence electrons. The molecule has 0 saturated heterocycles. The van der Waals surface area contributed by atoms with Crippen molar-refractivity contribution in [2.24, 2.45) is 0 Å². The molecular weight excluding hydrogens is 370 g/mol. The smallest absolute Gasteiger partial charge is 0.240 e. The van der Waals surface area contributed by atoms with E-state index in [9.17, 15) is 8.42 Å². The Labute approximate surface area is 158 Å². The first-order chi connectivity index (χ1) is 12.5. The lowest BCUT2D eigenvalue weighted by Crippen LogP contribution is -2.23. The van der Waals surface area contributed by atoms with Gasteiger partial charge in [0.25, 0.3) is 0 Å². The molecule has 4 nitrogen and oxygen atoms in total. The highest BCUT2D eigenvalue weighted by Gasteiger charge is 2.12. The van der Waals surface area contributed by atoms with E-state index in [2.05, 4.69) is 4.72 Å². The van der Waals surface area contributed by atoms with Crippen molar-refractivity contribution in [3.63, 3.8) is 0 Å². The van der Waals surface area contributed by atoms with Crippen LogP contribution in [0.5, 0.6) is 5.75 Å². The topological polar surface area (TPSA) is 55.4 Å². The van der Waals surface area contributed by atoms with Gasteiger partial charge in [-0.25, -0.2) is 13.1 Å². The number of nitrogens with one attached hydrogen (secondary N) is 1. The SMILES string of the molecule is O=S(=O)(NCc1ccc(OCc2ccc(Cl)cc2)cc1)c1ccccc1. The molecule has 6 heteroatoms. The van der Waals surface area contributed by atoms with Crippen LogP contribution in [-0.2, 0) is 23.2 Å². The maximum Gasteiger partial charge on any atom is 0.240 e. The molecule has 0 amide bonds. The number of ether oxygens (including phenoxy) is 1. The minimum atomic E-state index is -3.51. The molecule has 0 aliphatic rings. The van der Waals surface area contributed by atoms with Gasteiger partial charge in [0.05, 0.1) is 4.90 Å². The molecule has 0 aliphatic carbocycles. The molecule has 0 heterocycles. The molecular formula is C20H18ClNO3S. The van der Waals surface area contributed by atoms with Crippen molar-refractivity contribution in [1.29, 1.82) is 0 Å². The average Bonchev–Trinajstić information content (AvgIpc) is 2.67. The third-order valence-corrected chi connectivity index (χ3v) is 5.43. The third kappa shape index (κ3) is 5.08. The molecule has 0 radical (unpaired) electrons. The Bertz CT molecular complexity index is 941. The monoisotopic (exact) mass is 387 g/mol. The van der Waals surface area contributed by atoms with Crippen molar-refractivity contribution < 1.29 is 13.2 Å². The lowest BCUT2D eigenvalue weighted by molar-refractivity contribution is 0.306. The molecule has 0 saturated carbocycles. The van der Waals surface area contributed by atoms with Crippen LogP contribution in [0.1, 0.15) is 11.1 Å². The first kappa shape index (κ1) is 18.5. The Balaban J connectivity index is 1.55. The van der Waals surface area contributed by atoms with Gasteiger partial charge in [-0.3, -0.25) is 0 Å². The van der Waals surface area contributed by atoms with Gasteiger partial charge < -0.3 is 4.74 Å². The number of hydrogen-bond donors (Lipinski definition) is 1. The molecule has 1 N–H and O–H groups in total. The van der Waals surface area contributed by atoms with Crippen LogP contribution >= 0.6 is 11.6 Å². The predicted molar refractivity (Wildman–Crippen MR) is 103 cm³/mol. The maximum absolute atomic E-state index is 12.2. The van der Waals surface area contributed by atoms with Crippen LogP contribution in [0.2, 0.25) is 5.02 Å². The van der Waals surface area contributed by atoms with E-state index >= 15 is 0 Å². The van der Waals surface area contributed by atoms with Crippen molar-refractivity contribution in [2.45, 2.75) is 18.0 Å². The summed E-state index contributed by atoms with van der Waals surface area (Å²) >= 11 is 5.86. The molecule has 0 fully saturated rings. The number of halogens is 1. The van der Waals surface area contributed by atoms with Gasteiger partial charge in [0.1, 0.15) is 12.4 Å². The van der Waals surface area contributed by atoms with Gasteiger partial charge in [0, 0.05) is 11.6 Å². The van der Waals surface area contributed by atoms with E-state index in [1.165, 1.54) is 0 Å². The average molecular weight is 388 g/mol. The van der Waals surface area contributed by atoms with E-state index in [1.54, 1.807) is 30.3 Å². The van der Waals surface area contributed by atoms with Gasteiger partial charge in [0.15, 0.2) is 0 Å². The zero-order valence-electron chi connectivity index (χ0n) is 13.9. The number of hydrogen-bond acceptors (Lipinski definition) is 3. The minimum absolute atomic E-state index is 0.217. The van der Waals surface area contributed by atoms with Crippen LogP contribution in [0, 0.1) is 0 Å². The zero-order valence-corrected chi connectivity index (χ0v) is 15.5. The van der Waals surface area contributed by atoms with Gasteiger partial charge in [-0.1, -0.05) is 54.1 Å². The van der Waals surface area contributed by atoms with Crippen LogP contribution in [0.15, 0.2) is 83.8 Å². The summed E-state index contributed by atoms with van der Waals surface area (Å²) in [6.45, 7) is 0.659. The molecule has 3 aromatic carbocycles. The molecule has 0 spiro atoms. The molecule has 26 heavy (non-hydrogen) atoms. The van der Waals surface area contributed by atoms with Crippen molar-refractivity contribution in [3.05, 3.63) is 95.0 Å². The Hall–Kier alpha value is -2.34. The van der Waals surface area contributed by atoms with Crippen molar-refractivity contribution in [1.82, 2.24) is 4.72 Å². The largest absolute Gasteiger partial charge is 0.489 e. The van der Waals surface area contributed by atoms with E-state index in [0.29, 0.717) is 11.6 Å². The molecule has 3 aromatic rings. The molecule has 0 atom stereocenters. The van der Waals surface area contributed by atoms with Crippen molar-refractivity contribution >= 4 is 21.6 Å². The zero-order chi connectivity index (χ0) is 18.4. The normalized spacial score (nSPS) is 11.3. The Kier molecular flexibility index (Phi) is 5.93. The summed E-state index contributed by atoms with van der Waals surface area (Å²) in [7, 11) is -3.51. The standard InChI is InChI=1S/C20H18ClNO3S/c21-18-10-6-17(7-11-18)15-25-19-12-8-16(9-13-19)14-22-26(23,24)20-4-2-1-3-5-20/h1-13,22H,14-15H2. The first-order valence-electron chi connectivity index (χ1n) is 8.04. The van der Waals surface area contributed by atoms with Gasteiger partial charge in [-0.05, 0) is 47.5 Å². The molecule has 0 bridgehead atoms. The minimum Gasteiger partial charge on any atom is -0.489 e. The van der Waals surface area contributed by atoms with E-state index in [-0.39, 0.29) is 11.4 Å². The Morgan fingerprint density at radius 2 is 1.42 bits per heavy atom. The van der Waals surface area contributed by atoms with Gasteiger partial charge in [-0.15, -0.1) is 0 Å². The van der Waals surface area contributed by atoms with E-state index in [1.807, 2.05) is 48.5 Å². The van der Waals surface area contributed by atoms with Gasteiger partial charge in [-0.2, -0.15) is 0 Å². The predicted octanol–water partition coefficient (Wildman–Crippen LogP) is 4.40. The summed E-state index contributed by atoms with van der Waals surface area (Å²) in [6, 6.07) is 23.1. The summed E-state index contributed by atoms with van der Waals surface area (Å²) in [5, 5.41) is 0.691. The van der Waals surface area contributed by atoms with Crippen LogP contribution in [0.4, 0.5) is 0 Å². The van der Waals surface area contributed by atoms with Crippen molar-refractivity contribution in [2.75, 3.05) is 0 Å². The van der Waals surface area contributed by atoms with E-state index in [0.717, 1.165) is 16.9 Å². The lowest BCUT2D eigenvalue weighted by Gasteiger charge is -2.09. The summed E-state index contributed by atoms with van der Waals surface area (Å²) in [4.78, 5) is 0.253. The highest BCUT2D eigenvalue weighted by Crippen LogP contribution is 2.16. The van der Waals surface area contributed by atoms with Crippen LogP contribution in [-0.4, -0.2) is 8.42 Å². The second kappa shape index (κ2) is 8.36. The maximum atomic E-state index is 12.2. The molecule has 0 aromatic heterocycles. The highest BCUT2D eigenvalue weighted by molar-refractivity contribution is 7.89. The second-order valence-electron chi connectivity index (χ2n) is 5.70. The van der Waals surface area contributed by atoms with Crippen molar-refractivity contribution in [3.8, 4) is 5.75 Å². The van der Waals surface area contributed by atoms with E-state index in [4.69, 9.17) is 16.3 Å². The summed E-state index contributed by atoms with van der Waals surface area (Å²) < 4.78 is 32.7. The summed E-state index contributed by atoms with van der Waals surface area (Å²) in [5.74, 6) is 0.717. The number of benzene rings is 3. The fourth-order valence-electron chi connectivity index (χ4n) is 2.31. The fraction of sp³-hybridized carbons (Fsp3) is 0.100. The fourth-order valence-corrected chi connectivity index (χ4v) is 3.48. The molecule has 0 unspecified atom stereocenters. The Morgan fingerprint density at radius 1 is 0.808 bits per heavy atom. The lowest BCUT2D eigenvalue weighted by atomic mass is 10.2. The highest BCUT2D eigenvalue weighted by atomic mass is 35.5. The summed E-state index contributed by atoms with van der Waals surface area (Å²) in [5.41, 5.74) is 1.87. The quantitative estimate of drug-likeness (QED) is 0.653. The number of sulfonamides is 1. The van der Waals surface area contributed by atoms with Gasteiger partial charge in [0.2, 0.25) is 10.0 Å². The van der Waals surface area contributed by atoms with Crippen LogP contribution in [0.25, 0.3) is 0 Å². The third-order valence-electron chi connectivity index (χ3n) is 3.76. The molecule has 0 aliphatic heterocycles. The number of rotatable bonds is 7. The Morgan fingerprint density at radius 3 is 2.08 bits per heavy atom. The van der Waals surface area contributed by atoms with Crippen LogP contribution in [0.3, 0.4) is 0 Å².